The van der Waals surface area contributed by atoms with Crippen LogP contribution in [-0.2, 0) is 16.4 Å². The number of piperazine rings is 1. The van der Waals surface area contributed by atoms with Gasteiger partial charge in [0.05, 0.1) is 26.4 Å². The minimum absolute atomic E-state index is 0. The Morgan fingerprint density at radius 2 is 1.70 bits per heavy atom. The molecule has 0 unspecified atom stereocenters. The largest absolute Gasteiger partial charge is 0.351 e. The molecular weight excluding hydrogens is 566 g/mol. The van der Waals surface area contributed by atoms with E-state index in [9.17, 15) is 13.2 Å². The van der Waals surface area contributed by atoms with Crippen molar-refractivity contribution in [3.63, 3.8) is 0 Å². The van der Waals surface area contributed by atoms with Crippen molar-refractivity contribution in [2.45, 2.75) is 25.2 Å². The first-order valence-corrected chi connectivity index (χ1v) is 15.5. The molecule has 1 amide bonds. The predicted molar refractivity (Wildman–Crippen MR) is 166 cm³/mol. The summed E-state index contributed by atoms with van der Waals surface area (Å²) in [5.41, 5.74) is 3.92. The number of anilines is 2. The van der Waals surface area contributed by atoms with Gasteiger partial charge in [-0.1, -0.05) is 60.2 Å². The number of para-hydroxylation sites is 2. The molecule has 0 spiro atoms. The number of thiazole rings is 1. The fraction of sp³-hybridized carbons (Fsp3) is 0.310. The quantitative estimate of drug-likeness (QED) is 0.283. The van der Waals surface area contributed by atoms with Crippen LogP contribution in [0.2, 0.25) is 0 Å². The van der Waals surface area contributed by atoms with Gasteiger partial charge in [-0.05, 0) is 49.2 Å². The van der Waals surface area contributed by atoms with Crippen LogP contribution in [0, 0.1) is 6.92 Å². The van der Waals surface area contributed by atoms with Gasteiger partial charge in [-0.3, -0.25) is 14.4 Å². The van der Waals surface area contributed by atoms with E-state index in [1.54, 1.807) is 59.9 Å². The van der Waals surface area contributed by atoms with Crippen molar-refractivity contribution in [2.24, 2.45) is 0 Å². The maximum absolute atomic E-state index is 13.0. The van der Waals surface area contributed by atoms with E-state index >= 15 is 0 Å². The summed E-state index contributed by atoms with van der Waals surface area (Å²) in [6.45, 7) is 8.80. The van der Waals surface area contributed by atoms with Crippen LogP contribution in [0.4, 0.5) is 10.8 Å². The molecule has 1 aromatic heterocycles. The van der Waals surface area contributed by atoms with Crippen molar-refractivity contribution in [3.05, 3.63) is 83.4 Å². The maximum atomic E-state index is 13.0. The topological polar surface area (TPSA) is 94.6 Å². The molecule has 0 aliphatic carbocycles. The Morgan fingerprint density at radius 1 is 0.975 bits per heavy atom. The van der Waals surface area contributed by atoms with Crippen molar-refractivity contribution < 1.29 is 13.2 Å². The number of carbonyl (C=O) groups is 1. The number of amides is 1. The molecule has 0 saturated carbocycles. The van der Waals surface area contributed by atoms with Crippen LogP contribution in [0.3, 0.4) is 0 Å². The summed E-state index contributed by atoms with van der Waals surface area (Å²) < 4.78 is 29.5. The maximum Gasteiger partial charge on any atom is 0.261 e. The number of aryl methyl sites for hydroxylation is 2. The molecule has 3 aromatic carbocycles. The average molecular weight is 600 g/mol. The Labute approximate surface area is 245 Å². The Bertz CT molecular complexity index is 1570. The monoisotopic (exact) mass is 599 g/mol. The first-order valence-electron chi connectivity index (χ1n) is 13.2. The summed E-state index contributed by atoms with van der Waals surface area (Å²) >= 11 is 1.75. The molecule has 2 N–H and O–H groups in total. The predicted octanol–water partition coefficient (Wildman–Crippen LogP) is 4.94. The van der Waals surface area contributed by atoms with Gasteiger partial charge in [-0.25, -0.2) is 13.4 Å². The molecule has 4 aromatic rings. The summed E-state index contributed by atoms with van der Waals surface area (Å²) in [6, 6.07) is 19.7. The molecule has 5 rings (SSSR count). The van der Waals surface area contributed by atoms with E-state index in [1.807, 2.05) is 6.92 Å². The fourth-order valence-electron chi connectivity index (χ4n) is 4.69. The minimum atomic E-state index is -3.81. The van der Waals surface area contributed by atoms with E-state index in [-0.39, 0.29) is 28.9 Å². The summed E-state index contributed by atoms with van der Waals surface area (Å²) in [5.74, 6) is -0.308. The first kappa shape index (κ1) is 29.8. The van der Waals surface area contributed by atoms with E-state index in [4.69, 9.17) is 4.98 Å². The molecule has 1 fully saturated rings. The Morgan fingerprint density at radius 3 is 2.42 bits per heavy atom. The van der Waals surface area contributed by atoms with Gasteiger partial charge in [0.15, 0.2) is 5.13 Å². The average Bonchev–Trinajstić information content (AvgIpc) is 3.38. The lowest BCUT2D eigenvalue weighted by atomic mass is 10.1. The molecule has 40 heavy (non-hydrogen) atoms. The van der Waals surface area contributed by atoms with E-state index in [0.717, 1.165) is 55.4 Å². The molecular formula is C29H34ClN5O3S2. The summed E-state index contributed by atoms with van der Waals surface area (Å²) in [6.07, 6.45) is 0.975. The number of benzene rings is 3. The molecule has 2 heterocycles. The Hall–Kier alpha value is -3.18. The second-order valence-corrected chi connectivity index (χ2v) is 12.4. The number of halogens is 1. The van der Waals surface area contributed by atoms with Crippen LogP contribution in [0.5, 0.6) is 0 Å². The van der Waals surface area contributed by atoms with Gasteiger partial charge in [0.2, 0.25) is 0 Å². The normalized spacial score (nSPS) is 14.1. The molecule has 212 valence electrons. The van der Waals surface area contributed by atoms with E-state index < -0.39 is 10.0 Å². The second kappa shape index (κ2) is 13.0. The number of sulfonamides is 1. The molecule has 1 aliphatic rings. The zero-order valence-electron chi connectivity index (χ0n) is 22.6. The summed E-state index contributed by atoms with van der Waals surface area (Å²) in [5, 5.41) is 4.03. The SMILES string of the molecule is CCc1cccc2sc(N3CCN(CCNC(=O)c4ccccc4NS(=O)(=O)c4ccc(C)cc4)CC3)nc12.Cl. The van der Waals surface area contributed by atoms with Gasteiger partial charge in [-0.15, -0.1) is 12.4 Å². The molecule has 11 heteroatoms. The zero-order valence-corrected chi connectivity index (χ0v) is 25.0. The van der Waals surface area contributed by atoms with Crippen LogP contribution in [-0.4, -0.2) is 63.5 Å². The smallest absolute Gasteiger partial charge is 0.261 e. The zero-order chi connectivity index (χ0) is 27.4. The van der Waals surface area contributed by atoms with Crippen molar-refractivity contribution in [1.29, 1.82) is 0 Å². The molecule has 0 bridgehead atoms. The summed E-state index contributed by atoms with van der Waals surface area (Å²) in [4.78, 5) is 22.7. The number of rotatable bonds is 9. The number of nitrogens with zero attached hydrogens (tertiary/aromatic N) is 3. The van der Waals surface area contributed by atoms with Crippen molar-refractivity contribution in [2.75, 3.05) is 48.9 Å². The summed E-state index contributed by atoms with van der Waals surface area (Å²) in [7, 11) is -3.81. The van der Waals surface area contributed by atoms with Gasteiger partial charge < -0.3 is 10.2 Å². The van der Waals surface area contributed by atoms with Crippen LogP contribution in [0.25, 0.3) is 10.2 Å². The third-order valence-corrected chi connectivity index (χ3v) is 9.44. The van der Waals surface area contributed by atoms with Crippen molar-refractivity contribution >= 4 is 60.7 Å². The number of hydrogen-bond acceptors (Lipinski definition) is 7. The van der Waals surface area contributed by atoms with Crippen molar-refractivity contribution in [1.82, 2.24) is 15.2 Å². The third-order valence-electron chi connectivity index (χ3n) is 6.98. The first-order chi connectivity index (χ1) is 18.8. The minimum Gasteiger partial charge on any atom is -0.351 e. The molecule has 1 aliphatic heterocycles. The molecule has 0 atom stereocenters. The van der Waals surface area contributed by atoms with Gasteiger partial charge in [-0.2, -0.15) is 0 Å². The lowest BCUT2D eigenvalue weighted by molar-refractivity contribution is 0.0948. The standard InChI is InChI=1S/C29H33N5O3S2.ClH/c1-3-22-7-6-10-26-27(22)31-29(38-26)34-19-17-33(18-20-34)16-15-30-28(35)24-8-4-5-9-25(24)32-39(36,37)23-13-11-21(2)12-14-23;/h4-14,32H,3,15-20H2,1-2H3,(H,30,35);1H. The van der Waals surface area contributed by atoms with Crippen LogP contribution < -0.4 is 14.9 Å². The number of fused-ring (bicyclic) bond motifs is 1. The van der Waals surface area contributed by atoms with Gasteiger partial charge in [0.25, 0.3) is 15.9 Å². The molecule has 0 radical (unpaired) electrons. The lowest BCUT2D eigenvalue weighted by Gasteiger charge is -2.34. The number of hydrogen-bond donors (Lipinski definition) is 2. The fourth-order valence-corrected chi connectivity index (χ4v) is 6.84. The number of aromatic nitrogens is 1. The van der Waals surface area contributed by atoms with Crippen LogP contribution in [0.15, 0.2) is 71.6 Å². The lowest BCUT2D eigenvalue weighted by Crippen LogP contribution is -2.48. The van der Waals surface area contributed by atoms with Crippen LogP contribution >= 0.6 is 23.7 Å². The van der Waals surface area contributed by atoms with Gasteiger partial charge >= 0.3 is 0 Å². The van der Waals surface area contributed by atoms with Crippen molar-refractivity contribution in [3.8, 4) is 0 Å². The van der Waals surface area contributed by atoms with E-state index in [2.05, 4.69) is 45.0 Å². The number of carbonyl (C=O) groups excluding carboxylic acids is 1. The van der Waals surface area contributed by atoms with E-state index in [0.29, 0.717) is 12.1 Å². The number of nitrogens with one attached hydrogen (secondary N) is 2. The molecule has 1 saturated heterocycles. The highest BCUT2D eigenvalue weighted by molar-refractivity contribution is 7.92. The molecule has 8 nitrogen and oxygen atoms in total. The highest BCUT2D eigenvalue weighted by Crippen LogP contribution is 2.31. The highest BCUT2D eigenvalue weighted by atomic mass is 35.5. The van der Waals surface area contributed by atoms with E-state index in [1.165, 1.54) is 10.3 Å². The Kier molecular flexibility index (Phi) is 9.68. The van der Waals surface area contributed by atoms with Crippen LogP contribution in [0.1, 0.15) is 28.4 Å². The third kappa shape index (κ3) is 6.75. The van der Waals surface area contributed by atoms with Gasteiger partial charge in [0, 0.05) is 39.3 Å². The second-order valence-electron chi connectivity index (χ2n) is 9.66. The highest BCUT2D eigenvalue weighted by Gasteiger charge is 2.21. The van der Waals surface area contributed by atoms with Gasteiger partial charge in [0.1, 0.15) is 0 Å². The Balaban J connectivity index is 0.00000370.